The maximum Gasteiger partial charge on any atom is 0.0372 e. The topological polar surface area (TPSA) is 18.5 Å². The van der Waals surface area contributed by atoms with Gasteiger partial charge in [0.15, 0.2) is 0 Å². The molecule has 4 aliphatic heterocycles. The standard InChI is InChI=1S/C16H23N3/c1-18(2)13-3-5-14(6-4-13)19-15-7-11-8-16(19)10-12(9-15)17-11/h3-6,11-12,15-17H,7-10H2,1-2H3. The first kappa shape index (κ1) is 11.6. The average Bonchev–Trinajstić information content (AvgIpc) is 2.38. The molecule has 0 amide bonds. The highest BCUT2D eigenvalue weighted by atomic mass is 15.3. The first-order valence-corrected chi connectivity index (χ1v) is 7.52. The molecular formula is C16H23N3. The van der Waals surface area contributed by atoms with Crippen LogP contribution in [-0.4, -0.2) is 38.3 Å². The van der Waals surface area contributed by atoms with Gasteiger partial charge in [0.05, 0.1) is 0 Å². The van der Waals surface area contributed by atoms with Crippen molar-refractivity contribution >= 4 is 11.4 Å². The average molecular weight is 257 g/mol. The van der Waals surface area contributed by atoms with Crippen LogP contribution < -0.4 is 15.1 Å². The molecule has 0 aliphatic carbocycles. The molecule has 1 aromatic carbocycles. The molecule has 0 unspecified atom stereocenters. The van der Waals surface area contributed by atoms with Gasteiger partial charge in [-0.25, -0.2) is 0 Å². The number of nitrogens with zero attached hydrogens (tertiary/aromatic N) is 2. The van der Waals surface area contributed by atoms with Gasteiger partial charge in [0.2, 0.25) is 0 Å². The SMILES string of the molecule is CN(C)c1ccc(N2C3CC4CC2CC(C3)N4)cc1. The third-order valence-electron chi connectivity index (χ3n) is 5.15. The van der Waals surface area contributed by atoms with Gasteiger partial charge in [0, 0.05) is 49.6 Å². The molecule has 0 radical (unpaired) electrons. The Labute approximate surface area is 115 Å². The van der Waals surface area contributed by atoms with E-state index in [1.165, 1.54) is 37.1 Å². The van der Waals surface area contributed by atoms with Crippen molar-refractivity contribution < 1.29 is 0 Å². The number of anilines is 2. The molecule has 102 valence electrons. The first-order chi connectivity index (χ1) is 9.20. The molecule has 4 saturated heterocycles. The van der Waals surface area contributed by atoms with Gasteiger partial charge >= 0.3 is 0 Å². The molecule has 1 aromatic rings. The summed E-state index contributed by atoms with van der Waals surface area (Å²) in [4.78, 5) is 4.88. The van der Waals surface area contributed by atoms with E-state index in [1.54, 1.807) is 0 Å². The van der Waals surface area contributed by atoms with Crippen LogP contribution in [0.2, 0.25) is 0 Å². The van der Waals surface area contributed by atoms with E-state index in [0.717, 1.165) is 24.2 Å². The van der Waals surface area contributed by atoms with Gasteiger partial charge in [0.25, 0.3) is 0 Å². The molecule has 4 heterocycles. The molecule has 4 fully saturated rings. The number of nitrogens with one attached hydrogen (secondary N) is 1. The number of hydrogen-bond donors (Lipinski definition) is 1. The summed E-state index contributed by atoms with van der Waals surface area (Å²) < 4.78 is 0. The fourth-order valence-corrected chi connectivity index (χ4v) is 4.40. The van der Waals surface area contributed by atoms with E-state index in [2.05, 4.69) is 53.5 Å². The molecule has 0 aromatic heterocycles. The third-order valence-corrected chi connectivity index (χ3v) is 5.15. The van der Waals surface area contributed by atoms with Gasteiger partial charge in [-0.1, -0.05) is 0 Å². The van der Waals surface area contributed by atoms with Crippen molar-refractivity contribution in [3.63, 3.8) is 0 Å². The van der Waals surface area contributed by atoms with E-state index in [1.807, 2.05) is 0 Å². The van der Waals surface area contributed by atoms with E-state index in [-0.39, 0.29) is 0 Å². The summed E-state index contributed by atoms with van der Waals surface area (Å²) in [6, 6.07) is 12.2. The first-order valence-electron chi connectivity index (χ1n) is 7.52. The molecule has 4 bridgehead atoms. The molecule has 1 N–H and O–H groups in total. The Bertz CT molecular complexity index is 437. The summed E-state index contributed by atoms with van der Waals surface area (Å²) >= 11 is 0. The lowest BCUT2D eigenvalue weighted by molar-refractivity contribution is 0.135. The van der Waals surface area contributed by atoms with E-state index in [9.17, 15) is 0 Å². The van der Waals surface area contributed by atoms with Crippen LogP contribution in [0.3, 0.4) is 0 Å². The lowest BCUT2D eigenvalue weighted by Gasteiger charge is -2.58. The van der Waals surface area contributed by atoms with Gasteiger partial charge in [-0.15, -0.1) is 0 Å². The zero-order chi connectivity index (χ0) is 13.0. The molecule has 0 spiro atoms. The second-order valence-corrected chi connectivity index (χ2v) is 6.63. The second-order valence-electron chi connectivity index (χ2n) is 6.63. The van der Waals surface area contributed by atoms with Gasteiger partial charge in [-0.2, -0.15) is 0 Å². The van der Waals surface area contributed by atoms with Crippen molar-refractivity contribution in [1.29, 1.82) is 0 Å². The van der Waals surface area contributed by atoms with Crippen LogP contribution in [0.25, 0.3) is 0 Å². The minimum Gasteiger partial charge on any atom is -0.378 e. The summed E-state index contributed by atoms with van der Waals surface area (Å²) in [5.41, 5.74) is 2.72. The maximum atomic E-state index is 3.78. The van der Waals surface area contributed by atoms with Crippen molar-refractivity contribution in [1.82, 2.24) is 5.32 Å². The molecule has 3 heteroatoms. The van der Waals surface area contributed by atoms with Crippen molar-refractivity contribution in [3.05, 3.63) is 24.3 Å². The number of rotatable bonds is 2. The van der Waals surface area contributed by atoms with E-state index in [4.69, 9.17) is 0 Å². The van der Waals surface area contributed by atoms with Crippen molar-refractivity contribution in [2.24, 2.45) is 0 Å². The molecular weight excluding hydrogens is 234 g/mol. The summed E-state index contributed by atoms with van der Waals surface area (Å²) in [7, 11) is 4.20. The minimum absolute atomic E-state index is 0.772. The van der Waals surface area contributed by atoms with E-state index >= 15 is 0 Å². The highest BCUT2D eigenvalue weighted by Gasteiger charge is 2.46. The summed E-state index contributed by atoms with van der Waals surface area (Å²) in [5, 5.41) is 3.78. The lowest BCUT2D eigenvalue weighted by atomic mass is 9.74. The summed E-state index contributed by atoms with van der Waals surface area (Å²) in [6.07, 6.45) is 5.34. The Morgan fingerprint density at radius 3 is 1.95 bits per heavy atom. The van der Waals surface area contributed by atoms with Crippen LogP contribution in [0.4, 0.5) is 11.4 Å². The van der Waals surface area contributed by atoms with Gasteiger partial charge in [0.1, 0.15) is 0 Å². The quantitative estimate of drug-likeness (QED) is 0.876. The van der Waals surface area contributed by atoms with Crippen molar-refractivity contribution in [2.45, 2.75) is 49.9 Å². The summed E-state index contributed by atoms with van der Waals surface area (Å²) in [6.45, 7) is 0. The fraction of sp³-hybridized carbons (Fsp3) is 0.625. The highest BCUT2D eigenvalue weighted by Crippen LogP contribution is 2.41. The van der Waals surface area contributed by atoms with Gasteiger partial charge in [-0.05, 0) is 49.9 Å². The zero-order valence-corrected chi connectivity index (χ0v) is 11.8. The normalized spacial score (nSPS) is 35.8. The van der Waals surface area contributed by atoms with Crippen LogP contribution in [0, 0.1) is 0 Å². The Kier molecular flexibility index (Phi) is 2.52. The van der Waals surface area contributed by atoms with Crippen LogP contribution in [0.5, 0.6) is 0 Å². The maximum absolute atomic E-state index is 3.78. The number of piperidine rings is 4. The molecule has 4 aliphatic rings. The monoisotopic (exact) mass is 257 g/mol. The molecule has 5 rings (SSSR count). The fourth-order valence-electron chi connectivity index (χ4n) is 4.40. The lowest BCUT2D eigenvalue weighted by Crippen LogP contribution is -2.67. The number of hydrogen-bond acceptors (Lipinski definition) is 3. The minimum atomic E-state index is 0.772. The molecule has 0 atom stereocenters. The van der Waals surface area contributed by atoms with Crippen LogP contribution >= 0.6 is 0 Å². The molecule has 19 heavy (non-hydrogen) atoms. The Hall–Kier alpha value is -1.22. The highest BCUT2D eigenvalue weighted by molar-refractivity contribution is 5.57. The van der Waals surface area contributed by atoms with Gasteiger partial charge in [-0.3, -0.25) is 0 Å². The van der Waals surface area contributed by atoms with E-state index in [0.29, 0.717) is 0 Å². The van der Waals surface area contributed by atoms with Crippen LogP contribution in [-0.2, 0) is 0 Å². The van der Waals surface area contributed by atoms with Crippen molar-refractivity contribution in [2.75, 3.05) is 23.9 Å². The Balaban J connectivity index is 1.62. The summed E-state index contributed by atoms with van der Waals surface area (Å²) in [5.74, 6) is 0. The largest absolute Gasteiger partial charge is 0.378 e. The second kappa shape index (κ2) is 4.14. The Morgan fingerprint density at radius 1 is 0.947 bits per heavy atom. The van der Waals surface area contributed by atoms with Crippen LogP contribution in [0.1, 0.15) is 25.7 Å². The van der Waals surface area contributed by atoms with E-state index < -0.39 is 0 Å². The molecule has 3 nitrogen and oxygen atoms in total. The predicted molar refractivity (Wildman–Crippen MR) is 80.0 cm³/mol. The molecule has 0 saturated carbocycles. The van der Waals surface area contributed by atoms with Crippen molar-refractivity contribution in [3.8, 4) is 0 Å². The van der Waals surface area contributed by atoms with Crippen LogP contribution in [0.15, 0.2) is 24.3 Å². The predicted octanol–water partition coefficient (Wildman–Crippen LogP) is 2.22. The number of benzene rings is 1. The third kappa shape index (κ3) is 1.83. The zero-order valence-electron chi connectivity index (χ0n) is 11.8. The Morgan fingerprint density at radius 2 is 1.47 bits per heavy atom. The smallest absolute Gasteiger partial charge is 0.0372 e. The van der Waals surface area contributed by atoms with Gasteiger partial charge < -0.3 is 15.1 Å².